The maximum Gasteiger partial charge on any atom is 0.259 e. The number of nitrogens with zero attached hydrogens (tertiary/aromatic N) is 3. The molecule has 0 spiro atoms. The first-order chi connectivity index (χ1) is 17.5. The van der Waals surface area contributed by atoms with Crippen molar-refractivity contribution < 1.29 is 9.59 Å². The minimum atomic E-state index is -0.281. The molecule has 1 aromatic heterocycles. The van der Waals surface area contributed by atoms with Crippen LogP contribution in [-0.4, -0.2) is 39.1 Å². The molecule has 0 bridgehead atoms. The Labute approximate surface area is 210 Å². The van der Waals surface area contributed by atoms with Crippen LogP contribution in [0, 0.1) is 6.92 Å². The van der Waals surface area contributed by atoms with Crippen LogP contribution in [-0.2, 0) is 11.3 Å². The highest BCUT2D eigenvalue weighted by atomic mass is 16.2. The molecule has 1 fully saturated rings. The smallest absolute Gasteiger partial charge is 0.259 e. The molecule has 1 saturated heterocycles. The van der Waals surface area contributed by atoms with E-state index in [1.165, 1.54) is 0 Å². The lowest BCUT2D eigenvalue weighted by molar-refractivity contribution is -0.122. The van der Waals surface area contributed by atoms with E-state index in [9.17, 15) is 9.59 Å². The van der Waals surface area contributed by atoms with Crippen molar-refractivity contribution in [2.75, 3.05) is 11.9 Å². The Hall–Kier alpha value is -4.23. The Balaban J connectivity index is 1.42. The van der Waals surface area contributed by atoms with Gasteiger partial charge in [-0.3, -0.25) is 14.5 Å². The Bertz CT molecular complexity index is 1400. The van der Waals surface area contributed by atoms with E-state index in [-0.39, 0.29) is 17.9 Å². The van der Waals surface area contributed by atoms with Crippen LogP contribution in [0.2, 0.25) is 0 Å². The fourth-order valence-corrected chi connectivity index (χ4v) is 4.78. The van der Waals surface area contributed by atoms with Crippen LogP contribution in [0.3, 0.4) is 0 Å². The van der Waals surface area contributed by atoms with E-state index >= 15 is 0 Å². The van der Waals surface area contributed by atoms with Crippen LogP contribution in [0.15, 0.2) is 85.1 Å². The van der Waals surface area contributed by atoms with Crippen LogP contribution in [0.5, 0.6) is 0 Å². The molecule has 1 aliphatic heterocycles. The van der Waals surface area contributed by atoms with Gasteiger partial charge >= 0.3 is 0 Å². The molecular weight excluding hydrogens is 450 g/mol. The molecule has 4 aromatic rings. The largest absolute Gasteiger partial charge is 0.368 e. The van der Waals surface area contributed by atoms with E-state index in [4.69, 9.17) is 10.8 Å². The zero-order valence-corrected chi connectivity index (χ0v) is 20.2. The summed E-state index contributed by atoms with van der Waals surface area (Å²) >= 11 is 0. The van der Waals surface area contributed by atoms with Crippen molar-refractivity contribution in [3.05, 3.63) is 102 Å². The molecule has 1 unspecified atom stereocenters. The van der Waals surface area contributed by atoms with Gasteiger partial charge in [-0.05, 0) is 62.2 Å². The number of para-hydroxylation sites is 1. The van der Waals surface area contributed by atoms with Gasteiger partial charge in [-0.2, -0.15) is 5.10 Å². The SMILES string of the molecule is Cc1cccc(-c2nn(-c3ccccc3)cc2C(=O)Nc2cccc(CN3CCCC3C(N)=O)c2)c1. The summed E-state index contributed by atoms with van der Waals surface area (Å²) in [6.45, 7) is 3.46. The van der Waals surface area contributed by atoms with Crippen LogP contribution in [0.1, 0.15) is 34.3 Å². The van der Waals surface area contributed by atoms with E-state index in [2.05, 4.69) is 10.2 Å². The second-order valence-corrected chi connectivity index (χ2v) is 9.23. The third-order valence-corrected chi connectivity index (χ3v) is 6.53. The molecule has 0 aliphatic carbocycles. The lowest BCUT2D eigenvalue weighted by atomic mass is 10.1. The summed E-state index contributed by atoms with van der Waals surface area (Å²) < 4.78 is 1.74. The number of aryl methyl sites for hydroxylation is 1. The number of carbonyl (C=O) groups is 2. The highest BCUT2D eigenvalue weighted by molar-refractivity contribution is 6.08. The number of anilines is 1. The number of hydrogen-bond acceptors (Lipinski definition) is 4. The average molecular weight is 480 g/mol. The molecule has 7 nitrogen and oxygen atoms in total. The van der Waals surface area contributed by atoms with Gasteiger partial charge in [0, 0.05) is 24.0 Å². The van der Waals surface area contributed by atoms with Crippen molar-refractivity contribution in [3.63, 3.8) is 0 Å². The molecule has 3 N–H and O–H groups in total. The fourth-order valence-electron chi connectivity index (χ4n) is 4.78. The summed E-state index contributed by atoms with van der Waals surface area (Å²) in [6.07, 6.45) is 3.52. The van der Waals surface area contributed by atoms with E-state index < -0.39 is 0 Å². The van der Waals surface area contributed by atoms with Crippen molar-refractivity contribution in [1.29, 1.82) is 0 Å². The number of carbonyl (C=O) groups excluding carboxylic acids is 2. The van der Waals surface area contributed by atoms with Gasteiger partial charge in [0.15, 0.2) is 0 Å². The summed E-state index contributed by atoms with van der Waals surface area (Å²) in [4.78, 5) is 27.4. The van der Waals surface area contributed by atoms with Crippen molar-refractivity contribution in [2.24, 2.45) is 5.73 Å². The van der Waals surface area contributed by atoms with Crippen molar-refractivity contribution in [1.82, 2.24) is 14.7 Å². The number of nitrogens with one attached hydrogen (secondary N) is 1. The quantitative estimate of drug-likeness (QED) is 0.407. The summed E-state index contributed by atoms with van der Waals surface area (Å²) in [6, 6.07) is 25.2. The van der Waals surface area contributed by atoms with Crippen LogP contribution < -0.4 is 11.1 Å². The second kappa shape index (κ2) is 10.2. The Morgan fingerprint density at radius 1 is 1.03 bits per heavy atom. The van der Waals surface area contributed by atoms with Crippen LogP contribution in [0.25, 0.3) is 16.9 Å². The van der Waals surface area contributed by atoms with Gasteiger partial charge in [0.05, 0.1) is 17.3 Å². The number of likely N-dealkylation sites (tertiary alicyclic amines) is 1. The van der Waals surface area contributed by atoms with Gasteiger partial charge in [0.25, 0.3) is 5.91 Å². The summed E-state index contributed by atoms with van der Waals surface area (Å²) in [5.74, 6) is -0.516. The highest BCUT2D eigenvalue weighted by Crippen LogP contribution is 2.26. The van der Waals surface area contributed by atoms with Gasteiger partial charge < -0.3 is 11.1 Å². The summed E-state index contributed by atoms with van der Waals surface area (Å²) in [5, 5.41) is 7.82. The summed E-state index contributed by atoms with van der Waals surface area (Å²) in [5.41, 5.74) is 11.2. The fraction of sp³-hybridized carbons (Fsp3) is 0.207. The topological polar surface area (TPSA) is 93.2 Å². The molecule has 1 atom stereocenters. The Morgan fingerprint density at radius 2 is 1.83 bits per heavy atom. The Kier molecular flexibility index (Phi) is 6.64. The molecule has 3 aromatic carbocycles. The first-order valence-corrected chi connectivity index (χ1v) is 12.1. The molecule has 1 aliphatic rings. The molecule has 5 rings (SSSR count). The van der Waals surface area contributed by atoms with E-state index in [1.54, 1.807) is 10.9 Å². The standard InChI is InChI=1S/C29H29N5O2/c1-20-8-5-10-22(16-20)27-25(19-34(32-27)24-12-3-2-4-13-24)29(36)31-23-11-6-9-21(17-23)18-33-15-7-14-26(33)28(30)35/h2-6,8-13,16-17,19,26H,7,14-15,18H2,1H3,(H2,30,35)(H,31,36). The zero-order valence-electron chi connectivity index (χ0n) is 20.2. The number of primary amides is 1. The third kappa shape index (κ3) is 5.06. The van der Waals surface area contributed by atoms with E-state index in [0.717, 1.165) is 41.8 Å². The molecular formula is C29H29N5O2. The number of hydrogen-bond donors (Lipinski definition) is 2. The van der Waals surface area contributed by atoms with Crippen molar-refractivity contribution in [3.8, 4) is 16.9 Å². The number of aromatic nitrogens is 2. The monoisotopic (exact) mass is 479 g/mol. The molecule has 0 radical (unpaired) electrons. The number of amides is 2. The maximum atomic E-state index is 13.5. The first kappa shape index (κ1) is 23.5. The van der Waals surface area contributed by atoms with Gasteiger partial charge in [-0.15, -0.1) is 0 Å². The average Bonchev–Trinajstić information content (AvgIpc) is 3.53. The molecule has 7 heteroatoms. The minimum absolute atomic E-state index is 0.232. The van der Waals surface area contributed by atoms with E-state index in [0.29, 0.717) is 23.5 Å². The van der Waals surface area contributed by atoms with Crippen molar-refractivity contribution in [2.45, 2.75) is 32.4 Å². The molecule has 2 amide bonds. The van der Waals surface area contributed by atoms with Gasteiger partial charge in [-0.25, -0.2) is 4.68 Å². The molecule has 2 heterocycles. The highest BCUT2D eigenvalue weighted by Gasteiger charge is 2.28. The van der Waals surface area contributed by atoms with Gasteiger partial charge in [0.1, 0.15) is 5.69 Å². The van der Waals surface area contributed by atoms with E-state index in [1.807, 2.05) is 85.8 Å². The Morgan fingerprint density at radius 3 is 2.61 bits per heavy atom. The number of nitrogens with two attached hydrogens (primary N) is 1. The normalized spacial score (nSPS) is 15.6. The third-order valence-electron chi connectivity index (χ3n) is 6.53. The molecule has 0 saturated carbocycles. The predicted molar refractivity (Wildman–Crippen MR) is 141 cm³/mol. The number of rotatable bonds is 7. The lowest BCUT2D eigenvalue weighted by Gasteiger charge is -2.22. The summed E-state index contributed by atoms with van der Waals surface area (Å²) in [7, 11) is 0. The molecule has 182 valence electrons. The first-order valence-electron chi connectivity index (χ1n) is 12.1. The van der Waals surface area contributed by atoms with Crippen molar-refractivity contribution >= 4 is 17.5 Å². The van der Waals surface area contributed by atoms with Gasteiger partial charge in [-0.1, -0.05) is 54.1 Å². The maximum absolute atomic E-state index is 13.5. The predicted octanol–water partition coefficient (Wildman–Crippen LogP) is 4.55. The molecule has 36 heavy (non-hydrogen) atoms. The second-order valence-electron chi connectivity index (χ2n) is 9.23. The van der Waals surface area contributed by atoms with Crippen LogP contribution >= 0.6 is 0 Å². The van der Waals surface area contributed by atoms with Crippen LogP contribution in [0.4, 0.5) is 5.69 Å². The van der Waals surface area contributed by atoms with Gasteiger partial charge in [0.2, 0.25) is 5.91 Å². The lowest BCUT2D eigenvalue weighted by Crippen LogP contribution is -2.39. The number of benzene rings is 3. The zero-order chi connectivity index (χ0) is 25.1. The minimum Gasteiger partial charge on any atom is -0.368 e.